The number of anilines is 1. The Morgan fingerprint density at radius 3 is 2.44 bits per heavy atom. The van der Waals surface area contributed by atoms with E-state index in [1.54, 1.807) is 58.2 Å². The number of nitrogens with one attached hydrogen (secondary N) is 1. The molecule has 10 nitrogen and oxygen atoms in total. The summed E-state index contributed by atoms with van der Waals surface area (Å²) in [4.78, 5) is 26.5. The Balaban J connectivity index is 1.37. The van der Waals surface area contributed by atoms with Gasteiger partial charge in [-0.2, -0.15) is 0 Å². The molecule has 10 heteroatoms. The van der Waals surface area contributed by atoms with Gasteiger partial charge in [0.15, 0.2) is 0 Å². The van der Waals surface area contributed by atoms with Crippen molar-refractivity contribution in [3.63, 3.8) is 0 Å². The van der Waals surface area contributed by atoms with Crippen LogP contribution in [0.25, 0.3) is 16.5 Å². The molecule has 1 aliphatic heterocycles. The van der Waals surface area contributed by atoms with Crippen molar-refractivity contribution in [1.82, 2.24) is 0 Å². The number of allylic oxidation sites excluding steroid dienone is 2. The van der Waals surface area contributed by atoms with Crippen LogP contribution in [0.3, 0.4) is 0 Å². The van der Waals surface area contributed by atoms with Gasteiger partial charge in [-0.1, -0.05) is 43.3 Å². The van der Waals surface area contributed by atoms with E-state index in [9.17, 15) is 19.8 Å². The fraction of sp³-hybridized carbons (Fsp3) is 0.394. The van der Waals surface area contributed by atoms with Crippen LogP contribution < -0.4 is 15.7 Å². The number of amides is 1. The van der Waals surface area contributed by atoms with Gasteiger partial charge in [0, 0.05) is 29.6 Å². The van der Waals surface area contributed by atoms with Crippen LogP contribution in [0, 0.1) is 18.8 Å². The van der Waals surface area contributed by atoms with E-state index < -0.39 is 41.7 Å². The predicted octanol–water partition coefficient (Wildman–Crippen LogP) is 4.17. The molecule has 1 aliphatic carbocycles. The number of rotatable bonds is 7. The highest BCUT2D eigenvalue weighted by Gasteiger charge is 2.50. The zero-order valence-corrected chi connectivity index (χ0v) is 25.0. The second kappa shape index (κ2) is 12.0. The average molecular weight is 592 g/mol. The molecule has 2 aromatic carbocycles. The summed E-state index contributed by atoms with van der Waals surface area (Å²) < 4.78 is 28.4. The number of aliphatic hydroxyl groups is 2. The lowest BCUT2D eigenvalue weighted by Crippen LogP contribution is -2.63. The quantitative estimate of drug-likeness (QED) is 0.346. The molecule has 1 saturated heterocycles. The summed E-state index contributed by atoms with van der Waals surface area (Å²) in [5.41, 5.74) is 0.934. The van der Waals surface area contributed by atoms with Crippen molar-refractivity contribution in [3.8, 4) is 5.75 Å². The highest BCUT2D eigenvalue weighted by atomic mass is 16.7. The fourth-order valence-electron chi connectivity index (χ4n) is 5.93. The molecular weight excluding hydrogens is 554 g/mol. The molecule has 5 rings (SSSR count). The smallest absolute Gasteiger partial charge is 0.360 e. The van der Waals surface area contributed by atoms with Gasteiger partial charge in [0.25, 0.3) is 0 Å². The fourth-order valence-corrected chi connectivity index (χ4v) is 5.93. The van der Waals surface area contributed by atoms with E-state index in [4.69, 9.17) is 23.4 Å². The SMILES string of the molecule is COC1=C(c2ccccc2)C(C)C(C(=O)Nc2cc3ccc(O[C@@H]4OC(C)(C)[C@H](OC)[C@@H](O)[C@H]4O)c(C)c3oc2=O)C=C1. The zero-order valence-electron chi connectivity index (χ0n) is 25.0. The Morgan fingerprint density at radius 2 is 1.77 bits per heavy atom. The lowest BCUT2D eigenvalue weighted by molar-refractivity contribution is -0.306. The zero-order chi connectivity index (χ0) is 31.1. The third-order valence-electron chi connectivity index (χ3n) is 8.22. The van der Waals surface area contributed by atoms with Gasteiger partial charge in [0.2, 0.25) is 12.2 Å². The minimum Gasteiger partial charge on any atom is -0.496 e. The number of carbonyl (C=O) groups is 1. The van der Waals surface area contributed by atoms with Crippen LogP contribution >= 0.6 is 0 Å². The molecule has 1 amide bonds. The van der Waals surface area contributed by atoms with Gasteiger partial charge in [-0.3, -0.25) is 4.79 Å². The highest BCUT2D eigenvalue weighted by molar-refractivity contribution is 5.97. The van der Waals surface area contributed by atoms with Crippen LogP contribution in [0.1, 0.15) is 31.9 Å². The number of hydrogen-bond acceptors (Lipinski definition) is 9. The molecule has 0 saturated carbocycles. The summed E-state index contributed by atoms with van der Waals surface area (Å²) in [5.74, 6) is -0.151. The molecular formula is C33H37NO9. The Hall–Kier alpha value is -3.96. The van der Waals surface area contributed by atoms with E-state index in [0.717, 1.165) is 11.1 Å². The third-order valence-corrected chi connectivity index (χ3v) is 8.22. The number of fused-ring (bicyclic) bond motifs is 1. The molecule has 6 atom stereocenters. The van der Waals surface area contributed by atoms with Crippen LogP contribution in [-0.4, -0.2) is 60.5 Å². The third kappa shape index (κ3) is 5.71. The highest BCUT2D eigenvalue weighted by Crippen LogP contribution is 2.38. The van der Waals surface area contributed by atoms with Gasteiger partial charge < -0.3 is 38.9 Å². The summed E-state index contributed by atoms with van der Waals surface area (Å²) in [6, 6.07) is 14.6. The summed E-state index contributed by atoms with van der Waals surface area (Å²) in [5, 5.41) is 24.5. The van der Waals surface area contributed by atoms with Crippen LogP contribution in [-0.2, 0) is 19.0 Å². The molecule has 0 bridgehead atoms. The molecule has 2 heterocycles. The number of benzene rings is 2. The van der Waals surface area contributed by atoms with Gasteiger partial charge in [-0.15, -0.1) is 0 Å². The van der Waals surface area contributed by atoms with E-state index in [2.05, 4.69) is 5.32 Å². The number of carbonyl (C=O) groups excluding carboxylic acids is 1. The molecule has 2 aliphatic rings. The van der Waals surface area contributed by atoms with Crippen molar-refractivity contribution in [2.45, 2.75) is 57.9 Å². The predicted molar refractivity (Wildman–Crippen MR) is 160 cm³/mol. The molecule has 43 heavy (non-hydrogen) atoms. The van der Waals surface area contributed by atoms with Crippen LogP contribution in [0.5, 0.6) is 5.75 Å². The average Bonchev–Trinajstić information content (AvgIpc) is 2.98. The first kappa shape index (κ1) is 30.5. The van der Waals surface area contributed by atoms with E-state index in [1.165, 1.54) is 7.11 Å². The maximum absolute atomic E-state index is 13.4. The van der Waals surface area contributed by atoms with E-state index >= 15 is 0 Å². The lowest BCUT2D eigenvalue weighted by Gasteiger charge is -2.46. The Labute approximate surface area is 249 Å². The lowest BCUT2D eigenvalue weighted by atomic mass is 9.79. The van der Waals surface area contributed by atoms with Crippen molar-refractivity contribution in [3.05, 3.63) is 88.0 Å². The van der Waals surface area contributed by atoms with Crippen molar-refractivity contribution in [2.75, 3.05) is 19.5 Å². The first-order valence-electron chi connectivity index (χ1n) is 14.1. The molecule has 0 spiro atoms. The van der Waals surface area contributed by atoms with E-state index in [0.29, 0.717) is 22.5 Å². The Morgan fingerprint density at radius 1 is 1.05 bits per heavy atom. The topological polar surface area (TPSA) is 137 Å². The molecule has 3 aromatic rings. The van der Waals surface area contributed by atoms with Gasteiger partial charge >= 0.3 is 5.63 Å². The number of aryl methyl sites for hydroxylation is 1. The van der Waals surface area contributed by atoms with Crippen LogP contribution in [0.4, 0.5) is 5.69 Å². The van der Waals surface area contributed by atoms with Gasteiger partial charge in [-0.25, -0.2) is 4.79 Å². The Kier molecular flexibility index (Phi) is 8.49. The van der Waals surface area contributed by atoms with Gasteiger partial charge in [0.05, 0.1) is 18.6 Å². The van der Waals surface area contributed by atoms with Crippen LogP contribution in [0.2, 0.25) is 0 Å². The molecule has 0 radical (unpaired) electrons. The molecule has 3 N–H and O–H groups in total. The molecule has 1 fully saturated rings. The summed E-state index contributed by atoms with van der Waals surface area (Å²) in [6.07, 6.45) is -1.03. The minimum atomic E-state index is -1.38. The first-order valence-corrected chi connectivity index (χ1v) is 14.1. The number of aliphatic hydroxyl groups excluding tert-OH is 2. The molecule has 2 unspecified atom stereocenters. The van der Waals surface area contributed by atoms with Crippen molar-refractivity contribution >= 4 is 28.1 Å². The monoisotopic (exact) mass is 591 g/mol. The van der Waals surface area contributed by atoms with Crippen molar-refractivity contribution in [1.29, 1.82) is 0 Å². The minimum absolute atomic E-state index is 0.00969. The van der Waals surface area contributed by atoms with Crippen molar-refractivity contribution < 1.29 is 38.4 Å². The maximum atomic E-state index is 13.4. The summed E-state index contributed by atoms with van der Waals surface area (Å²) in [6.45, 7) is 7.11. The number of ether oxygens (including phenoxy) is 4. The maximum Gasteiger partial charge on any atom is 0.360 e. The number of hydrogen-bond donors (Lipinski definition) is 3. The van der Waals surface area contributed by atoms with E-state index in [1.807, 2.05) is 37.3 Å². The van der Waals surface area contributed by atoms with E-state index in [-0.39, 0.29) is 23.1 Å². The first-order chi connectivity index (χ1) is 20.5. The Bertz CT molecular complexity index is 1620. The summed E-state index contributed by atoms with van der Waals surface area (Å²) in [7, 11) is 3.03. The van der Waals surface area contributed by atoms with Gasteiger partial charge in [-0.05, 0) is 50.6 Å². The van der Waals surface area contributed by atoms with Crippen LogP contribution in [0.15, 0.2) is 75.7 Å². The van der Waals surface area contributed by atoms with Crippen molar-refractivity contribution in [2.24, 2.45) is 11.8 Å². The normalized spacial score (nSPS) is 26.8. The standard InChI is InChI=1S/C33H37NO9/c1-17-21(13-15-24(39-5)25(17)19-10-8-7-9-11-19)30(37)34-22-16-20-12-14-23(18(2)28(20)42-31(22)38)41-32-27(36)26(35)29(40-6)33(3,4)43-32/h7-17,21,26-27,29,32,35-36H,1-6H3,(H,34,37)/t17?,21?,26-,27+,29+,32+/m0/s1. The van der Waals surface area contributed by atoms with Gasteiger partial charge in [0.1, 0.15) is 41.1 Å². The number of methoxy groups -OCH3 is 2. The molecule has 228 valence electrons. The summed E-state index contributed by atoms with van der Waals surface area (Å²) >= 11 is 0. The second-order valence-electron chi connectivity index (χ2n) is 11.4. The second-order valence-corrected chi connectivity index (χ2v) is 11.4. The molecule has 1 aromatic heterocycles. The largest absolute Gasteiger partial charge is 0.496 e.